The van der Waals surface area contributed by atoms with Crippen molar-refractivity contribution in [2.45, 2.75) is 24.9 Å². The van der Waals surface area contributed by atoms with Gasteiger partial charge in [-0.3, -0.25) is 19.4 Å². The molecular formula is C18H25N5O2S3. The molecule has 4 heterocycles. The zero-order valence-corrected chi connectivity index (χ0v) is 18.3. The van der Waals surface area contributed by atoms with Gasteiger partial charge in [-0.15, -0.1) is 11.3 Å². The van der Waals surface area contributed by atoms with Crippen LogP contribution < -0.4 is 5.32 Å². The number of aromatic nitrogens is 3. The number of nitrogens with zero attached hydrogens (tertiary/aromatic N) is 3. The van der Waals surface area contributed by atoms with Crippen LogP contribution in [0.25, 0.3) is 10.7 Å². The number of aromatic amines is 1. The average molecular weight is 440 g/mol. The summed E-state index contributed by atoms with van der Waals surface area (Å²) in [5, 5.41) is 12.4. The number of thioether (sulfide) groups is 1. The standard InChI is InChI=1S/C18H25N5O2S3/c1-13(23-15(20-21-17(23)26)14-3-2-9-28-14)16(24)19-11-18(4-10-27-12-18)22-5-7-25-8-6-22/h2-3,9,13H,4-8,10-12H2,1H3,(H,19,24)(H,21,26). The number of hydrogen-bond acceptors (Lipinski definition) is 7. The Kier molecular flexibility index (Phi) is 6.21. The first-order valence-electron chi connectivity index (χ1n) is 9.50. The van der Waals surface area contributed by atoms with Crippen LogP contribution in [0.15, 0.2) is 17.5 Å². The predicted octanol–water partition coefficient (Wildman–Crippen LogP) is 2.55. The fourth-order valence-corrected chi connectivity index (χ4v) is 6.37. The Hall–Kier alpha value is -1.20. The van der Waals surface area contributed by atoms with Gasteiger partial charge in [-0.05, 0) is 42.8 Å². The minimum Gasteiger partial charge on any atom is -0.379 e. The summed E-state index contributed by atoms with van der Waals surface area (Å²) in [7, 11) is 0. The monoisotopic (exact) mass is 439 g/mol. The zero-order chi connectivity index (χ0) is 19.6. The maximum absolute atomic E-state index is 13.0. The molecule has 10 heteroatoms. The molecule has 2 unspecified atom stereocenters. The number of rotatable bonds is 6. The van der Waals surface area contributed by atoms with Crippen LogP contribution in [0, 0.1) is 4.77 Å². The van der Waals surface area contributed by atoms with Gasteiger partial charge >= 0.3 is 0 Å². The van der Waals surface area contributed by atoms with Crippen LogP contribution in [0.4, 0.5) is 0 Å². The maximum Gasteiger partial charge on any atom is 0.243 e. The summed E-state index contributed by atoms with van der Waals surface area (Å²) in [5.41, 5.74) is 0.0261. The highest BCUT2D eigenvalue weighted by Crippen LogP contribution is 2.34. The Morgan fingerprint density at radius 1 is 1.50 bits per heavy atom. The Morgan fingerprint density at radius 3 is 3.00 bits per heavy atom. The van der Waals surface area contributed by atoms with Crippen molar-refractivity contribution in [3.63, 3.8) is 0 Å². The quantitative estimate of drug-likeness (QED) is 0.674. The van der Waals surface area contributed by atoms with Gasteiger partial charge in [0.1, 0.15) is 6.04 Å². The molecule has 0 aliphatic carbocycles. The van der Waals surface area contributed by atoms with Gasteiger partial charge in [-0.25, -0.2) is 0 Å². The van der Waals surface area contributed by atoms with E-state index in [0.717, 1.165) is 49.1 Å². The Bertz CT molecular complexity index is 851. The van der Waals surface area contributed by atoms with Crippen molar-refractivity contribution in [1.82, 2.24) is 25.0 Å². The normalized spacial score (nSPS) is 24.3. The third kappa shape index (κ3) is 3.93. The van der Waals surface area contributed by atoms with Crippen LogP contribution >= 0.6 is 35.3 Å². The van der Waals surface area contributed by atoms with Gasteiger partial charge < -0.3 is 10.1 Å². The van der Waals surface area contributed by atoms with Crippen LogP contribution in [0.1, 0.15) is 19.4 Å². The van der Waals surface area contributed by atoms with E-state index in [0.29, 0.717) is 17.1 Å². The van der Waals surface area contributed by atoms with Gasteiger partial charge in [0, 0.05) is 30.9 Å². The van der Waals surface area contributed by atoms with E-state index in [-0.39, 0.29) is 11.4 Å². The number of morpholine rings is 1. The molecule has 2 N–H and O–H groups in total. The number of thiophene rings is 1. The number of H-pyrrole nitrogens is 1. The highest BCUT2D eigenvalue weighted by molar-refractivity contribution is 7.99. The summed E-state index contributed by atoms with van der Waals surface area (Å²) in [6, 6.07) is 3.52. The summed E-state index contributed by atoms with van der Waals surface area (Å²) >= 11 is 8.95. The van der Waals surface area contributed by atoms with Gasteiger partial charge in [-0.2, -0.15) is 16.9 Å². The molecule has 4 rings (SSSR count). The van der Waals surface area contributed by atoms with E-state index in [1.54, 1.807) is 15.9 Å². The molecule has 0 bridgehead atoms. The van der Waals surface area contributed by atoms with Crippen LogP contribution in [-0.4, -0.2) is 75.5 Å². The summed E-state index contributed by atoms with van der Waals surface area (Å²) in [4.78, 5) is 16.5. The van der Waals surface area contributed by atoms with E-state index in [4.69, 9.17) is 17.0 Å². The molecule has 1 amide bonds. The van der Waals surface area contributed by atoms with Crippen molar-refractivity contribution in [1.29, 1.82) is 0 Å². The van der Waals surface area contributed by atoms with Crippen molar-refractivity contribution >= 4 is 41.2 Å². The third-order valence-electron chi connectivity index (χ3n) is 5.57. The first-order valence-corrected chi connectivity index (χ1v) is 11.9. The van der Waals surface area contributed by atoms with E-state index in [9.17, 15) is 4.79 Å². The summed E-state index contributed by atoms with van der Waals surface area (Å²) in [6.45, 7) is 5.93. The molecule has 2 atom stereocenters. The van der Waals surface area contributed by atoms with Gasteiger partial charge in [0.2, 0.25) is 5.91 Å². The lowest BCUT2D eigenvalue weighted by Gasteiger charge is -2.43. The number of carbonyl (C=O) groups is 1. The van der Waals surface area contributed by atoms with E-state index < -0.39 is 6.04 Å². The minimum absolute atomic E-state index is 0.0261. The number of hydrogen-bond donors (Lipinski definition) is 2. The van der Waals surface area contributed by atoms with Crippen molar-refractivity contribution in [2.75, 3.05) is 44.4 Å². The lowest BCUT2D eigenvalue weighted by Crippen LogP contribution is -2.59. The van der Waals surface area contributed by atoms with Gasteiger partial charge in [0.25, 0.3) is 0 Å². The number of nitrogens with one attached hydrogen (secondary N) is 2. The highest BCUT2D eigenvalue weighted by Gasteiger charge is 2.41. The van der Waals surface area contributed by atoms with Crippen molar-refractivity contribution in [3.05, 3.63) is 22.3 Å². The average Bonchev–Trinajstić information content (AvgIpc) is 3.47. The van der Waals surface area contributed by atoms with Crippen LogP contribution in [0.3, 0.4) is 0 Å². The Morgan fingerprint density at radius 2 is 2.32 bits per heavy atom. The molecule has 7 nitrogen and oxygen atoms in total. The minimum atomic E-state index is -0.431. The smallest absolute Gasteiger partial charge is 0.243 e. The number of ether oxygens (including phenoxy) is 1. The van der Waals surface area contributed by atoms with E-state index in [1.165, 1.54) is 0 Å². The molecule has 28 heavy (non-hydrogen) atoms. The molecule has 2 aliphatic heterocycles. The van der Waals surface area contributed by atoms with Crippen LogP contribution in [0.5, 0.6) is 0 Å². The third-order valence-corrected chi connectivity index (χ3v) is 7.96. The van der Waals surface area contributed by atoms with Crippen LogP contribution in [0.2, 0.25) is 0 Å². The molecule has 2 aromatic heterocycles. The molecule has 2 aliphatic rings. The lowest BCUT2D eigenvalue weighted by atomic mass is 9.95. The molecule has 0 aromatic carbocycles. The molecule has 2 fully saturated rings. The molecule has 2 saturated heterocycles. The fourth-order valence-electron chi connectivity index (χ4n) is 3.89. The first kappa shape index (κ1) is 20.1. The molecule has 0 spiro atoms. The second-order valence-electron chi connectivity index (χ2n) is 7.22. The molecule has 152 valence electrons. The molecule has 0 saturated carbocycles. The Balaban J connectivity index is 1.48. The molecule has 0 radical (unpaired) electrons. The summed E-state index contributed by atoms with van der Waals surface area (Å²) in [6.07, 6.45) is 1.10. The molecular weight excluding hydrogens is 414 g/mol. The van der Waals surface area contributed by atoms with Gasteiger partial charge in [0.05, 0.1) is 18.1 Å². The summed E-state index contributed by atoms with van der Waals surface area (Å²) < 4.78 is 7.79. The van der Waals surface area contributed by atoms with E-state index in [2.05, 4.69) is 20.4 Å². The second kappa shape index (κ2) is 8.66. The Labute approximate surface area is 177 Å². The van der Waals surface area contributed by atoms with E-state index >= 15 is 0 Å². The number of amides is 1. The molecule has 2 aromatic rings. The van der Waals surface area contributed by atoms with Crippen molar-refractivity contribution < 1.29 is 9.53 Å². The first-order chi connectivity index (χ1) is 13.6. The summed E-state index contributed by atoms with van der Waals surface area (Å²) in [5.74, 6) is 2.87. The lowest BCUT2D eigenvalue weighted by molar-refractivity contribution is -0.124. The van der Waals surface area contributed by atoms with Gasteiger partial charge in [-0.1, -0.05) is 6.07 Å². The largest absolute Gasteiger partial charge is 0.379 e. The second-order valence-corrected chi connectivity index (χ2v) is 9.66. The van der Waals surface area contributed by atoms with Crippen molar-refractivity contribution in [2.24, 2.45) is 0 Å². The van der Waals surface area contributed by atoms with Crippen LogP contribution in [-0.2, 0) is 9.53 Å². The number of carbonyl (C=O) groups excluding carboxylic acids is 1. The fraction of sp³-hybridized carbons (Fsp3) is 0.611. The SMILES string of the molecule is CC(C(=O)NCC1(N2CCOCC2)CCSC1)n1c(-c2cccs2)n[nH]c1=S. The van der Waals surface area contributed by atoms with E-state index in [1.807, 2.05) is 36.2 Å². The zero-order valence-electron chi connectivity index (χ0n) is 15.8. The topological polar surface area (TPSA) is 75.2 Å². The maximum atomic E-state index is 13.0. The highest BCUT2D eigenvalue weighted by atomic mass is 32.2. The predicted molar refractivity (Wildman–Crippen MR) is 116 cm³/mol. The van der Waals surface area contributed by atoms with Gasteiger partial charge in [0.15, 0.2) is 10.6 Å². The van der Waals surface area contributed by atoms with Crippen molar-refractivity contribution in [3.8, 4) is 10.7 Å².